The summed E-state index contributed by atoms with van der Waals surface area (Å²) in [6, 6.07) is 1.45. The third-order valence-electron chi connectivity index (χ3n) is 2.32. The second-order valence-electron chi connectivity index (χ2n) is 3.89. The highest BCUT2D eigenvalue weighted by Gasteiger charge is 2.23. The summed E-state index contributed by atoms with van der Waals surface area (Å²) in [6.07, 6.45) is 0.249. The fourth-order valence-electron chi connectivity index (χ4n) is 1.37. The molecule has 17 heavy (non-hydrogen) atoms. The van der Waals surface area contributed by atoms with Gasteiger partial charge in [0.15, 0.2) is 0 Å². The summed E-state index contributed by atoms with van der Waals surface area (Å²) >= 11 is 0. The lowest BCUT2D eigenvalue weighted by atomic mass is 10.3. The molecule has 0 aromatic heterocycles. The lowest BCUT2D eigenvalue weighted by Gasteiger charge is -2.31. The number of hydrogen-bond acceptors (Lipinski definition) is 3. The predicted octanol–water partition coefficient (Wildman–Crippen LogP) is 1.14. The molecule has 6 nitrogen and oxygen atoms in total. The summed E-state index contributed by atoms with van der Waals surface area (Å²) in [4.78, 5) is 25.5. The van der Waals surface area contributed by atoms with E-state index in [9.17, 15) is 9.59 Å². The number of amides is 2. The number of aliphatic carboxylic acids is 1. The summed E-state index contributed by atoms with van der Waals surface area (Å²) < 4.78 is 0. The first kappa shape index (κ1) is 15.2. The molecular formula is C11H19N3O3. The molecule has 1 N–H and O–H groups in total. The number of urea groups is 1. The topological polar surface area (TPSA) is 84.6 Å². The van der Waals surface area contributed by atoms with Gasteiger partial charge in [0.1, 0.15) is 6.54 Å². The number of carbonyl (C=O) groups excluding carboxylic acids is 1. The molecule has 0 saturated carbocycles. The number of hydrogen-bond donors (Lipinski definition) is 1. The van der Waals surface area contributed by atoms with Crippen LogP contribution in [0, 0.1) is 11.3 Å². The van der Waals surface area contributed by atoms with Gasteiger partial charge in [-0.25, -0.2) is 4.79 Å². The molecule has 0 spiro atoms. The quantitative estimate of drug-likeness (QED) is 0.755. The van der Waals surface area contributed by atoms with Crippen molar-refractivity contribution >= 4 is 12.0 Å². The van der Waals surface area contributed by atoms with Gasteiger partial charge in [-0.3, -0.25) is 4.79 Å². The van der Waals surface area contributed by atoms with Crippen molar-refractivity contribution in [1.29, 1.82) is 5.26 Å². The van der Waals surface area contributed by atoms with E-state index in [-0.39, 0.29) is 25.0 Å². The zero-order valence-electron chi connectivity index (χ0n) is 10.5. The Morgan fingerprint density at radius 2 is 2.00 bits per heavy atom. The van der Waals surface area contributed by atoms with Crippen molar-refractivity contribution in [3.63, 3.8) is 0 Å². The second-order valence-corrected chi connectivity index (χ2v) is 3.89. The van der Waals surface area contributed by atoms with E-state index in [1.807, 2.05) is 6.07 Å². The molecule has 96 valence electrons. The first-order chi connectivity index (χ1) is 7.93. The van der Waals surface area contributed by atoms with Crippen LogP contribution >= 0.6 is 0 Å². The van der Waals surface area contributed by atoms with Crippen molar-refractivity contribution in [3.8, 4) is 6.07 Å². The van der Waals surface area contributed by atoms with E-state index in [1.165, 1.54) is 9.80 Å². The van der Waals surface area contributed by atoms with Crippen LogP contribution in [0.15, 0.2) is 0 Å². The maximum atomic E-state index is 12.0. The molecule has 0 fully saturated rings. The van der Waals surface area contributed by atoms with Gasteiger partial charge in [0.05, 0.1) is 12.5 Å². The highest BCUT2D eigenvalue weighted by molar-refractivity contribution is 5.80. The molecule has 0 bridgehead atoms. The molecule has 0 aliphatic heterocycles. The summed E-state index contributed by atoms with van der Waals surface area (Å²) in [7, 11) is 0. The predicted molar refractivity (Wildman–Crippen MR) is 62.4 cm³/mol. The largest absolute Gasteiger partial charge is 0.480 e. The number of carbonyl (C=O) groups is 2. The Bertz CT molecular complexity index is 310. The van der Waals surface area contributed by atoms with E-state index in [4.69, 9.17) is 10.4 Å². The van der Waals surface area contributed by atoms with Crippen molar-refractivity contribution in [3.05, 3.63) is 0 Å². The molecule has 0 aliphatic rings. The van der Waals surface area contributed by atoms with Crippen molar-refractivity contribution in [1.82, 2.24) is 9.80 Å². The first-order valence-corrected chi connectivity index (χ1v) is 5.58. The zero-order valence-corrected chi connectivity index (χ0v) is 10.5. The Labute approximate surface area is 101 Å². The lowest BCUT2D eigenvalue weighted by molar-refractivity contribution is -0.138. The lowest BCUT2D eigenvalue weighted by Crippen LogP contribution is -2.48. The molecule has 0 aromatic carbocycles. The van der Waals surface area contributed by atoms with Crippen LogP contribution in [0.3, 0.4) is 0 Å². The van der Waals surface area contributed by atoms with Crippen LogP contribution < -0.4 is 0 Å². The molecule has 6 heteroatoms. The summed E-state index contributed by atoms with van der Waals surface area (Å²) in [6.45, 7) is 5.80. The van der Waals surface area contributed by atoms with Crippen molar-refractivity contribution < 1.29 is 14.7 Å². The molecule has 0 saturated heterocycles. The van der Waals surface area contributed by atoms with Crippen molar-refractivity contribution in [2.24, 2.45) is 0 Å². The van der Waals surface area contributed by atoms with Gasteiger partial charge >= 0.3 is 12.0 Å². The van der Waals surface area contributed by atoms with Crippen molar-refractivity contribution in [2.45, 2.75) is 33.2 Å². The fraction of sp³-hybridized carbons (Fsp3) is 0.727. The van der Waals surface area contributed by atoms with Crippen LogP contribution in [0.1, 0.15) is 27.2 Å². The maximum absolute atomic E-state index is 12.0. The molecule has 0 aromatic rings. The molecule has 0 atom stereocenters. The third-order valence-corrected chi connectivity index (χ3v) is 2.32. The van der Waals surface area contributed by atoms with E-state index in [0.717, 1.165) is 0 Å². The Balaban J connectivity index is 4.67. The third kappa shape index (κ3) is 5.20. The summed E-state index contributed by atoms with van der Waals surface area (Å²) in [5.41, 5.74) is 0. The number of carboxylic acid groups (broad SMARTS) is 1. The molecule has 0 radical (unpaired) electrons. The average Bonchev–Trinajstić information content (AvgIpc) is 2.26. The minimum Gasteiger partial charge on any atom is -0.480 e. The van der Waals surface area contributed by atoms with Crippen LogP contribution in [-0.4, -0.2) is 52.6 Å². The Hall–Kier alpha value is -1.77. The maximum Gasteiger partial charge on any atom is 0.323 e. The minimum atomic E-state index is -1.04. The first-order valence-electron chi connectivity index (χ1n) is 5.58. The highest BCUT2D eigenvalue weighted by atomic mass is 16.4. The Morgan fingerprint density at radius 3 is 2.35 bits per heavy atom. The standard InChI is InChI=1S/C11H19N3O3/c1-4-13(7-5-6-12)11(17)14(9(2)3)8-10(15)16/h9H,4-5,7-8H2,1-3H3,(H,15,16). The molecule has 0 rings (SSSR count). The number of nitriles is 1. The fourth-order valence-corrected chi connectivity index (χ4v) is 1.37. The van der Waals surface area contributed by atoms with E-state index in [2.05, 4.69) is 0 Å². The van der Waals surface area contributed by atoms with Gasteiger partial charge in [0, 0.05) is 19.1 Å². The van der Waals surface area contributed by atoms with Gasteiger partial charge in [-0.2, -0.15) is 5.26 Å². The van der Waals surface area contributed by atoms with Gasteiger partial charge in [-0.05, 0) is 20.8 Å². The van der Waals surface area contributed by atoms with E-state index < -0.39 is 5.97 Å². The molecular weight excluding hydrogens is 222 g/mol. The van der Waals surface area contributed by atoms with Crippen LogP contribution in [0.4, 0.5) is 4.79 Å². The number of nitrogens with zero attached hydrogens (tertiary/aromatic N) is 3. The molecule has 0 aliphatic carbocycles. The van der Waals surface area contributed by atoms with E-state index in [0.29, 0.717) is 13.1 Å². The van der Waals surface area contributed by atoms with Crippen LogP contribution in [0.5, 0.6) is 0 Å². The molecule has 0 heterocycles. The minimum absolute atomic E-state index is 0.185. The van der Waals surface area contributed by atoms with Gasteiger partial charge in [0.2, 0.25) is 0 Å². The van der Waals surface area contributed by atoms with Crippen LogP contribution in [0.2, 0.25) is 0 Å². The molecule has 0 unspecified atom stereocenters. The van der Waals surface area contributed by atoms with Gasteiger partial charge in [0.25, 0.3) is 0 Å². The number of rotatable bonds is 6. The van der Waals surface area contributed by atoms with Crippen molar-refractivity contribution in [2.75, 3.05) is 19.6 Å². The second kappa shape index (κ2) is 7.49. The van der Waals surface area contributed by atoms with Crippen LogP contribution in [0.25, 0.3) is 0 Å². The highest BCUT2D eigenvalue weighted by Crippen LogP contribution is 2.05. The van der Waals surface area contributed by atoms with E-state index in [1.54, 1.807) is 20.8 Å². The Kier molecular flexibility index (Phi) is 6.71. The zero-order chi connectivity index (χ0) is 13.4. The average molecular weight is 241 g/mol. The normalized spacial score (nSPS) is 9.82. The summed E-state index contributed by atoms with van der Waals surface area (Å²) in [5.74, 6) is -1.04. The van der Waals surface area contributed by atoms with E-state index >= 15 is 0 Å². The van der Waals surface area contributed by atoms with Crippen LogP contribution in [-0.2, 0) is 4.79 Å². The van der Waals surface area contributed by atoms with Gasteiger partial charge in [-0.1, -0.05) is 0 Å². The number of carboxylic acids is 1. The molecule has 2 amide bonds. The van der Waals surface area contributed by atoms with Gasteiger partial charge in [-0.15, -0.1) is 0 Å². The monoisotopic (exact) mass is 241 g/mol. The van der Waals surface area contributed by atoms with Gasteiger partial charge < -0.3 is 14.9 Å². The summed E-state index contributed by atoms with van der Waals surface area (Å²) in [5, 5.41) is 17.2. The Morgan fingerprint density at radius 1 is 1.41 bits per heavy atom. The SMILES string of the molecule is CCN(CCC#N)C(=O)N(CC(=O)O)C(C)C. The smallest absolute Gasteiger partial charge is 0.323 e.